The first-order valence-electron chi connectivity index (χ1n) is 12.1. The number of anilines is 2. The summed E-state index contributed by atoms with van der Waals surface area (Å²) in [5.41, 5.74) is 8.29. The lowest BCUT2D eigenvalue weighted by atomic mass is 9.74. The van der Waals surface area contributed by atoms with Crippen molar-refractivity contribution in [2.75, 3.05) is 18.5 Å². The third-order valence-electron chi connectivity index (χ3n) is 6.79. The molecule has 0 bridgehead atoms. The Kier molecular flexibility index (Phi) is 7.00. The Labute approximate surface area is 211 Å². The lowest BCUT2D eigenvalue weighted by Gasteiger charge is -2.36. The Hall–Kier alpha value is -3.67. The van der Waals surface area contributed by atoms with Gasteiger partial charge in [-0.05, 0) is 48.4 Å². The third kappa shape index (κ3) is 4.97. The predicted molar refractivity (Wildman–Crippen MR) is 134 cm³/mol. The molecule has 3 aromatic heterocycles. The van der Waals surface area contributed by atoms with Crippen molar-refractivity contribution >= 4 is 17.2 Å². The summed E-state index contributed by atoms with van der Waals surface area (Å²) in [6, 6.07) is 6.90. The van der Waals surface area contributed by atoms with Gasteiger partial charge in [-0.2, -0.15) is 9.61 Å². The van der Waals surface area contributed by atoms with Gasteiger partial charge in [0.15, 0.2) is 0 Å². The number of nitrogens with zero attached hydrogens (tertiary/aromatic N) is 4. The van der Waals surface area contributed by atoms with Gasteiger partial charge in [0.1, 0.15) is 24.0 Å². The van der Waals surface area contributed by atoms with E-state index in [2.05, 4.69) is 20.4 Å². The largest absolute Gasteiger partial charge is 0.491 e. The van der Waals surface area contributed by atoms with Crippen LogP contribution in [0.25, 0.3) is 16.8 Å². The van der Waals surface area contributed by atoms with Crippen LogP contribution in [0, 0.1) is 17.6 Å². The maximum atomic E-state index is 14.8. The van der Waals surface area contributed by atoms with Gasteiger partial charge < -0.3 is 26.0 Å². The molecule has 0 radical (unpaired) electrons. The van der Waals surface area contributed by atoms with Crippen molar-refractivity contribution in [3.05, 3.63) is 66.1 Å². The van der Waals surface area contributed by atoms with Crippen LogP contribution in [-0.4, -0.2) is 55.2 Å². The summed E-state index contributed by atoms with van der Waals surface area (Å²) in [7, 11) is 0. The van der Waals surface area contributed by atoms with Crippen LogP contribution in [0.1, 0.15) is 31.2 Å². The standard InChI is InChI=1S/C26H28F2N6O3/c1-14-8-15(9-21(29)25(14)36)18-4-5-30-13-23(18)32-26-31-12-16-2-3-22(33-34(16)26)24-19(27)10-17(11-20(24)28)37-7-6-35/h2-5,10-15,21,25,35-36H,6-9,29H2,1H3,(H,31,32)/t14-,15+,21+,25-/m0/s1. The minimum atomic E-state index is -0.839. The Balaban J connectivity index is 1.47. The number of hydrogen-bond acceptors (Lipinski definition) is 8. The van der Waals surface area contributed by atoms with Crippen LogP contribution in [0.15, 0.2) is 48.9 Å². The zero-order valence-corrected chi connectivity index (χ0v) is 20.2. The number of nitrogens with one attached hydrogen (secondary N) is 1. The van der Waals surface area contributed by atoms with Gasteiger partial charge in [-0.15, -0.1) is 0 Å². The fraction of sp³-hybridized carbons (Fsp3) is 0.346. The van der Waals surface area contributed by atoms with Crippen molar-refractivity contribution < 1.29 is 23.7 Å². The quantitative estimate of drug-likeness (QED) is 0.298. The first-order chi connectivity index (χ1) is 17.9. The molecule has 4 atom stereocenters. The number of hydrogen-bond donors (Lipinski definition) is 4. The number of benzene rings is 1. The Morgan fingerprint density at radius 1 is 1.16 bits per heavy atom. The number of nitrogens with two attached hydrogens (primary N) is 1. The highest BCUT2D eigenvalue weighted by Crippen LogP contribution is 2.39. The second-order valence-corrected chi connectivity index (χ2v) is 9.36. The average Bonchev–Trinajstić information content (AvgIpc) is 3.27. The smallest absolute Gasteiger partial charge is 0.229 e. The van der Waals surface area contributed by atoms with E-state index >= 15 is 0 Å². The molecule has 5 rings (SSSR count). The summed E-state index contributed by atoms with van der Waals surface area (Å²) in [5, 5.41) is 26.9. The number of rotatable bonds is 7. The Morgan fingerprint density at radius 3 is 2.68 bits per heavy atom. The van der Waals surface area contributed by atoms with Crippen molar-refractivity contribution in [2.24, 2.45) is 11.7 Å². The van der Waals surface area contributed by atoms with E-state index in [0.717, 1.165) is 24.1 Å². The molecule has 1 aliphatic carbocycles. The molecule has 1 aliphatic rings. The third-order valence-corrected chi connectivity index (χ3v) is 6.79. The van der Waals surface area contributed by atoms with Crippen LogP contribution >= 0.6 is 0 Å². The average molecular weight is 511 g/mol. The molecule has 194 valence electrons. The highest BCUT2D eigenvalue weighted by Gasteiger charge is 2.34. The number of aliphatic hydroxyl groups is 2. The molecule has 3 heterocycles. The molecule has 0 aliphatic heterocycles. The lowest BCUT2D eigenvalue weighted by Crippen LogP contribution is -2.44. The van der Waals surface area contributed by atoms with Crippen LogP contribution in [0.5, 0.6) is 5.75 Å². The van der Waals surface area contributed by atoms with Crippen molar-refractivity contribution in [2.45, 2.75) is 37.8 Å². The summed E-state index contributed by atoms with van der Waals surface area (Å²) in [6.45, 7) is 1.64. The molecule has 0 unspecified atom stereocenters. The molecule has 9 nitrogen and oxygen atoms in total. The number of pyridine rings is 1. The molecule has 11 heteroatoms. The molecular weight excluding hydrogens is 482 g/mol. The molecule has 37 heavy (non-hydrogen) atoms. The molecule has 1 aromatic carbocycles. The molecule has 1 fully saturated rings. The fourth-order valence-electron chi connectivity index (χ4n) is 4.96. The maximum Gasteiger partial charge on any atom is 0.229 e. The van der Waals surface area contributed by atoms with E-state index in [1.165, 1.54) is 10.6 Å². The molecular formula is C26H28F2N6O3. The van der Waals surface area contributed by atoms with E-state index in [1.807, 2.05) is 13.0 Å². The van der Waals surface area contributed by atoms with E-state index in [9.17, 15) is 13.9 Å². The second-order valence-electron chi connectivity index (χ2n) is 9.36. The number of aliphatic hydroxyl groups excluding tert-OH is 2. The summed E-state index contributed by atoms with van der Waals surface area (Å²) in [6.07, 6.45) is 5.86. The summed E-state index contributed by atoms with van der Waals surface area (Å²) >= 11 is 0. The molecule has 5 N–H and O–H groups in total. The van der Waals surface area contributed by atoms with Crippen LogP contribution < -0.4 is 15.8 Å². The predicted octanol–water partition coefficient (Wildman–Crippen LogP) is 3.39. The molecule has 1 saturated carbocycles. The lowest BCUT2D eigenvalue weighted by molar-refractivity contribution is 0.0521. The van der Waals surface area contributed by atoms with Crippen LogP contribution in [-0.2, 0) is 0 Å². The molecule has 0 spiro atoms. The SMILES string of the molecule is C[C@H]1C[C@@H](c2ccncc2Nc2ncc3ccc(-c4c(F)cc(OCCO)cc4F)nn23)C[C@@H](N)[C@H]1O. The number of halogens is 2. The summed E-state index contributed by atoms with van der Waals surface area (Å²) in [5.74, 6) is -1.18. The highest BCUT2D eigenvalue weighted by atomic mass is 19.1. The van der Waals surface area contributed by atoms with Gasteiger partial charge in [0.2, 0.25) is 5.95 Å². The van der Waals surface area contributed by atoms with Gasteiger partial charge in [-0.3, -0.25) is 4.98 Å². The van der Waals surface area contributed by atoms with Crippen molar-refractivity contribution in [3.8, 4) is 17.0 Å². The van der Waals surface area contributed by atoms with Crippen molar-refractivity contribution in [1.29, 1.82) is 0 Å². The van der Waals surface area contributed by atoms with Crippen LogP contribution in [0.2, 0.25) is 0 Å². The summed E-state index contributed by atoms with van der Waals surface area (Å²) < 4.78 is 36.3. The van der Waals surface area contributed by atoms with E-state index in [-0.39, 0.29) is 48.1 Å². The maximum absolute atomic E-state index is 14.8. The Bertz CT molecular complexity index is 1380. The second kappa shape index (κ2) is 10.4. The zero-order valence-electron chi connectivity index (χ0n) is 20.2. The zero-order chi connectivity index (χ0) is 26.1. The number of aromatic nitrogens is 4. The van der Waals surface area contributed by atoms with Gasteiger partial charge in [0.25, 0.3) is 0 Å². The van der Waals surface area contributed by atoms with Gasteiger partial charge in [0.05, 0.1) is 47.6 Å². The fourth-order valence-corrected chi connectivity index (χ4v) is 4.96. The number of imidazole rings is 1. The van der Waals surface area contributed by atoms with Gasteiger partial charge in [0, 0.05) is 24.4 Å². The van der Waals surface area contributed by atoms with Crippen molar-refractivity contribution in [1.82, 2.24) is 19.6 Å². The van der Waals surface area contributed by atoms with E-state index in [1.54, 1.807) is 24.7 Å². The van der Waals surface area contributed by atoms with E-state index in [0.29, 0.717) is 23.6 Å². The van der Waals surface area contributed by atoms with Crippen LogP contribution in [0.4, 0.5) is 20.4 Å². The first-order valence-corrected chi connectivity index (χ1v) is 12.1. The van der Waals surface area contributed by atoms with Gasteiger partial charge >= 0.3 is 0 Å². The normalized spacial score (nSPS) is 21.8. The summed E-state index contributed by atoms with van der Waals surface area (Å²) in [4.78, 5) is 8.66. The monoisotopic (exact) mass is 510 g/mol. The first kappa shape index (κ1) is 25.0. The van der Waals surface area contributed by atoms with E-state index in [4.69, 9.17) is 15.6 Å². The molecule has 4 aromatic rings. The minimum absolute atomic E-state index is 0.0211. The molecule has 0 amide bonds. The number of fused-ring (bicyclic) bond motifs is 1. The van der Waals surface area contributed by atoms with E-state index < -0.39 is 17.7 Å². The van der Waals surface area contributed by atoms with Crippen LogP contribution in [0.3, 0.4) is 0 Å². The highest BCUT2D eigenvalue weighted by molar-refractivity contribution is 5.66. The van der Waals surface area contributed by atoms with Gasteiger partial charge in [-0.1, -0.05) is 6.92 Å². The minimum Gasteiger partial charge on any atom is -0.491 e. The molecule has 0 saturated heterocycles. The van der Waals surface area contributed by atoms with Gasteiger partial charge in [-0.25, -0.2) is 13.8 Å². The Morgan fingerprint density at radius 2 is 1.95 bits per heavy atom. The van der Waals surface area contributed by atoms with Crippen molar-refractivity contribution in [3.63, 3.8) is 0 Å². The topological polar surface area (TPSA) is 131 Å². The number of ether oxygens (including phenoxy) is 1.